The Labute approximate surface area is 162 Å². The average molecular weight is 383 g/mol. The molecule has 0 amide bonds. The van der Waals surface area contributed by atoms with Crippen LogP contribution in [0.25, 0.3) is 27.8 Å². The zero-order valence-electron chi connectivity index (χ0n) is 14.6. The smallest absolute Gasteiger partial charge is 0.143 e. The van der Waals surface area contributed by atoms with E-state index in [4.69, 9.17) is 0 Å². The highest BCUT2D eigenvalue weighted by Crippen LogP contribution is 2.27. The van der Waals surface area contributed by atoms with Gasteiger partial charge in [-0.3, -0.25) is 0 Å². The van der Waals surface area contributed by atoms with E-state index in [1.807, 2.05) is 12.1 Å². The minimum atomic E-state index is 0. The lowest BCUT2D eigenvalue weighted by Crippen LogP contribution is -2.29. The number of aromatic nitrogens is 7. The van der Waals surface area contributed by atoms with Crippen molar-refractivity contribution in [1.29, 1.82) is 0 Å². The van der Waals surface area contributed by atoms with E-state index >= 15 is 0 Å². The molecule has 4 aromatic rings. The van der Waals surface area contributed by atoms with E-state index in [2.05, 4.69) is 66.2 Å². The molecule has 27 heavy (non-hydrogen) atoms. The summed E-state index contributed by atoms with van der Waals surface area (Å²) in [7, 11) is 0. The molecule has 0 aliphatic carbocycles. The Balaban J connectivity index is 0.00000180. The molecule has 0 spiro atoms. The minimum Gasteiger partial charge on any atom is -0.317 e. The fraction of sp³-hybridized carbons (Fsp3) is 0.278. The lowest BCUT2D eigenvalue weighted by Gasteiger charge is -2.22. The molecule has 0 atom stereocenters. The van der Waals surface area contributed by atoms with Crippen LogP contribution >= 0.6 is 12.4 Å². The van der Waals surface area contributed by atoms with Crippen LogP contribution in [0, 0.1) is 0 Å². The Morgan fingerprint density at radius 2 is 1.70 bits per heavy atom. The summed E-state index contributed by atoms with van der Waals surface area (Å²) in [6.07, 6.45) is 3.78. The van der Waals surface area contributed by atoms with Gasteiger partial charge in [0.05, 0.1) is 17.2 Å². The van der Waals surface area contributed by atoms with Crippen LogP contribution < -0.4 is 5.32 Å². The fourth-order valence-electron chi connectivity index (χ4n) is 3.53. The average Bonchev–Trinajstić information content (AvgIpc) is 3.38. The normalized spacial score (nSPS) is 15.0. The molecule has 8 nitrogen and oxygen atoms in total. The molecule has 1 saturated heterocycles. The molecule has 2 aromatic heterocycles. The molecule has 1 fully saturated rings. The van der Waals surface area contributed by atoms with Crippen molar-refractivity contribution in [1.82, 2.24) is 40.5 Å². The highest BCUT2D eigenvalue weighted by molar-refractivity contribution is 5.85. The van der Waals surface area contributed by atoms with Crippen LogP contribution in [-0.2, 0) is 0 Å². The first-order chi connectivity index (χ1) is 12.9. The van der Waals surface area contributed by atoms with Crippen molar-refractivity contribution in [3.05, 3.63) is 48.8 Å². The van der Waals surface area contributed by atoms with E-state index in [0.717, 1.165) is 53.8 Å². The van der Waals surface area contributed by atoms with E-state index in [0.29, 0.717) is 6.04 Å². The van der Waals surface area contributed by atoms with Gasteiger partial charge >= 0.3 is 0 Å². The molecule has 0 radical (unpaired) electrons. The first-order valence-corrected chi connectivity index (χ1v) is 8.78. The third-order valence-corrected chi connectivity index (χ3v) is 4.94. The zero-order chi connectivity index (χ0) is 17.3. The van der Waals surface area contributed by atoms with Crippen LogP contribution in [0.4, 0.5) is 0 Å². The van der Waals surface area contributed by atoms with Gasteiger partial charge in [-0.05, 0) is 71.8 Å². The van der Waals surface area contributed by atoms with Crippen LogP contribution in [0.2, 0.25) is 0 Å². The molecule has 1 N–H and O–H groups in total. The first kappa shape index (κ1) is 17.6. The number of halogens is 1. The van der Waals surface area contributed by atoms with Crippen molar-refractivity contribution in [2.45, 2.75) is 18.9 Å². The van der Waals surface area contributed by atoms with Gasteiger partial charge in [-0.25, -0.2) is 9.36 Å². The number of rotatable bonds is 3. The molecule has 138 valence electrons. The summed E-state index contributed by atoms with van der Waals surface area (Å²) in [6, 6.07) is 14.9. The Hall–Kier alpha value is -2.84. The maximum Gasteiger partial charge on any atom is 0.143 e. The number of nitrogens with zero attached hydrogens (tertiary/aromatic N) is 7. The number of hydrogen-bond donors (Lipinski definition) is 1. The maximum absolute atomic E-state index is 4.42. The molecule has 0 saturated carbocycles. The van der Waals surface area contributed by atoms with Gasteiger partial charge in [0, 0.05) is 0 Å². The summed E-state index contributed by atoms with van der Waals surface area (Å²) >= 11 is 0. The van der Waals surface area contributed by atoms with E-state index in [9.17, 15) is 0 Å². The summed E-state index contributed by atoms with van der Waals surface area (Å²) in [5, 5.41) is 23.4. The van der Waals surface area contributed by atoms with Crippen LogP contribution in [0.3, 0.4) is 0 Å². The van der Waals surface area contributed by atoms with Crippen molar-refractivity contribution in [3.63, 3.8) is 0 Å². The van der Waals surface area contributed by atoms with Gasteiger partial charge in [-0.15, -0.1) is 22.6 Å². The minimum absolute atomic E-state index is 0. The molecule has 1 aliphatic heterocycles. The standard InChI is InChI=1S/C18H18N8.ClH/c1-4-15(25-12-20-22-24-25)5-2-13(1)14-3-6-18-17(11-14)21-23-26(18)16-7-9-19-10-8-16;/h1-6,11-12,16,19H,7-10H2;1H. The summed E-state index contributed by atoms with van der Waals surface area (Å²) in [6.45, 7) is 2.08. The monoisotopic (exact) mass is 382 g/mol. The molecule has 0 bridgehead atoms. The number of fused-ring (bicyclic) bond motifs is 1. The second kappa shape index (κ2) is 7.42. The lowest BCUT2D eigenvalue weighted by atomic mass is 10.0. The molecule has 2 aromatic carbocycles. The Bertz CT molecular complexity index is 1020. The predicted molar refractivity (Wildman–Crippen MR) is 104 cm³/mol. The molecule has 1 aliphatic rings. The number of hydrogen-bond acceptors (Lipinski definition) is 6. The highest BCUT2D eigenvalue weighted by Gasteiger charge is 2.18. The number of nitrogens with one attached hydrogen (secondary N) is 1. The molecule has 3 heterocycles. The van der Waals surface area contributed by atoms with Crippen molar-refractivity contribution >= 4 is 23.4 Å². The maximum atomic E-state index is 4.42. The molecular formula is C18H19ClN8. The van der Waals surface area contributed by atoms with E-state index in [1.54, 1.807) is 11.0 Å². The van der Waals surface area contributed by atoms with Crippen molar-refractivity contribution in [3.8, 4) is 16.8 Å². The molecule has 0 unspecified atom stereocenters. The Morgan fingerprint density at radius 1 is 0.926 bits per heavy atom. The molecule has 9 heteroatoms. The van der Waals surface area contributed by atoms with Crippen LogP contribution in [0.5, 0.6) is 0 Å². The molecule has 5 rings (SSSR count). The van der Waals surface area contributed by atoms with E-state index in [1.165, 1.54) is 0 Å². The van der Waals surface area contributed by atoms with Gasteiger partial charge in [0.2, 0.25) is 0 Å². The lowest BCUT2D eigenvalue weighted by molar-refractivity contribution is 0.345. The van der Waals surface area contributed by atoms with Gasteiger partial charge in [0.15, 0.2) is 0 Å². The summed E-state index contributed by atoms with van der Waals surface area (Å²) < 4.78 is 3.72. The van der Waals surface area contributed by atoms with Gasteiger partial charge in [0.25, 0.3) is 0 Å². The van der Waals surface area contributed by atoms with Crippen molar-refractivity contribution in [2.75, 3.05) is 13.1 Å². The Morgan fingerprint density at radius 3 is 2.44 bits per heavy atom. The van der Waals surface area contributed by atoms with Gasteiger partial charge < -0.3 is 5.32 Å². The highest BCUT2D eigenvalue weighted by atomic mass is 35.5. The van der Waals surface area contributed by atoms with E-state index in [-0.39, 0.29) is 12.4 Å². The van der Waals surface area contributed by atoms with Crippen molar-refractivity contribution in [2.24, 2.45) is 0 Å². The number of piperidine rings is 1. The third kappa shape index (κ3) is 3.29. The van der Waals surface area contributed by atoms with Crippen LogP contribution in [0.1, 0.15) is 18.9 Å². The second-order valence-corrected chi connectivity index (χ2v) is 6.52. The van der Waals surface area contributed by atoms with Crippen LogP contribution in [0.15, 0.2) is 48.8 Å². The molecular weight excluding hydrogens is 364 g/mol. The first-order valence-electron chi connectivity index (χ1n) is 8.78. The number of benzene rings is 2. The van der Waals surface area contributed by atoms with Crippen molar-refractivity contribution < 1.29 is 0 Å². The fourth-order valence-corrected chi connectivity index (χ4v) is 3.53. The van der Waals surface area contributed by atoms with E-state index < -0.39 is 0 Å². The summed E-state index contributed by atoms with van der Waals surface area (Å²) in [5.41, 5.74) is 5.21. The van der Waals surface area contributed by atoms with Crippen LogP contribution in [-0.4, -0.2) is 48.3 Å². The largest absolute Gasteiger partial charge is 0.317 e. The zero-order valence-corrected chi connectivity index (χ0v) is 15.4. The van der Waals surface area contributed by atoms with Gasteiger partial charge in [-0.2, -0.15) is 0 Å². The Kier molecular flexibility index (Phi) is 4.83. The number of tetrazole rings is 1. The van der Waals surface area contributed by atoms with Gasteiger partial charge in [-0.1, -0.05) is 23.4 Å². The summed E-state index contributed by atoms with van der Waals surface area (Å²) in [5.74, 6) is 0. The van der Waals surface area contributed by atoms with Gasteiger partial charge in [0.1, 0.15) is 11.8 Å². The third-order valence-electron chi connectivity index (χ3n) is 4.94. The summed E-state index contributed by atoms with van der Waals surface area (Å²) in [4.78, 5) is 0. The topological polar surface area (TPSA) is 86.3 Å². The quantitative estimate of drug-likeness (QED) is 0.585. The second-order valence-electron chi connectivity index (χ2n) is 6.52. The SMILES string of the molecule is Cl.c1cc(-n2cnnn2)ccc1-c1ccc2c(c1)nnn2C1CCNCC1. The predicted octanol–water partition coefficient (Wildman–Crippen LogP) is 2.42.